The summed E-state index contributed by atoms with van der Waals surface area (Å²) >= 11 is 0. The summed E-state index contributed by atoms with van der Waals surface area (Å²) in [5.41, 5.74) is 3.01. The molecule has 0 spiro atoms. The maximum atomic E-state index is 2.66. The number of hydrogen-bond donors (Lipinski definition) is 0. The Morgan fingerprint density at radius 2 is 1.65 bits per heavy atom. The van der Waals surface area contributed by atoms with Gasteiger partial charge < -0.3 is 0 Å². The van der Waals surface area contributed by atoms with Crippen molar-refractivity contribution in [1.29, 1.82) is 0 Å². The van der Waals surface area contributed by atoms with Crippen LogP contribution in [0.3, 0.4) is 0 Å². The Balaban J connectivity index is 0.00000108. The lowest BCUT2D eigenvalue weighted by Crippen LogP contribution is -2.19. The van der Waals surface area contributed by atoms with E-state index in [1.54, 1.807) is 5.56 Å². The van der Waals surface area contributed by atoms with Crippen molar-refractivity contribution in [2.75, 3.05) is 13.1 Å². The van der Waals surface area contributed by atoms with Gasteiger partial charge in [-0.1, -0.05) is 38.1 Å². The quantitative estimate of drug-likeness (QED) is 0.768. The van der Waals surface area contributed by atoms with E-state index in [1.807, 2.05) is 0 Å². The predicted molar refractivity (Wildman–Crippen MR) is 74.8 cm³/mol. The van der Waals surface area contributed by atoms with Gasteiger partial charge >= 0.3 is 0 Å². The maximum absolute atomic E-state index is 2.66. The minimum atomic E-state index is 0. The second-order valence-corrected chi connectivity index (χ2v) is 5.64. The fourth-order valence-electron chi connectivity index (χ4n) is 3.37. The van der Waals surface area contributed by atoms with Gasteiger partial charge in [-0.2, -0.15) is 0 Å². The lowest BCUT2D eigenvalue weighted by molar-refractivity contribution is 0.305. The molecular formula is C15H22ClN. The molecule has 0 amide bonds. The molecule has 2 saturated heterocycles. The van der Waals surface area contributed by atoms with Crippen LogP contribution in [0.5, 0.6) is 0 Å². The number of hydrogen-bond acceptors (Lipinski definition) is 1. The van der Waals surface area contributed by atoms with Crippen molar-refractivity contribution >= 4 is 12.4 Å². The van der Waals surface area contributed by atoms with Crippen molar-refractivity contribution in [2.45, 2.75) is 38.6 Å². The van der Waals surface area contributed by atoms with Crippen LogP contribution in [0.4, 0.5) is 0 Å². The van der Waals surface area contributed by atoms with Crippen LogP contribution in [0.2, 0.25) is 0 Å². The van der Waals surface area contributed by atoms with E-state index in [-0.39, 0.29) is 12.4 Å². The average molecular weight is 252 g/mol. The molecule has 2 fully saturated rings. The first-order valence-electron chi connectivity index (χ1n) is 6.59. The summed E-state index contributed by atoms with van der Waals surface area (Å²) in [6, 6.07) is 10.1. The molecule has 0 aliphatic carbocycles. The Morgan fingerprint density at radius 1 is 1.06 bits per heavy atom. The first-order valence-corrected chi connectivity index (χ1v) is 6.59. The Morgan fingerprint density at radius 3 is 2.06 bits per heavy atom. The van der Waals surface area contributed by atoms with Gasteiger partial charge in [0, 0.05) is 6.04 Å². The van der Waals surface area contributed by atoms with Gasteiger partial charge in [0.1, 0.15) is 0 Å². The largest absolute Gasteiger partial charge is 0.296 e. The van der Waals surface area contributed by atoms with E-state index in [4.69, 9.17) is 0 Å². The molecule has 1 aromatic carbocycles. The zero-order valence-electron chi connectivity index (χ0n) is 10.7. The Hall–Kier alpha value is -0.530. The molecule has 2 bridgehead atoms. The van der Waals surface area contributed by atoms with Crippen molar-refractivity contribution < 1.29 is 0 Å². The molecule has 94 valence electrons. The average Bonchev–Trinajstić information content (AvgIpc) is 2.88. The Kier molecular flexibility index (Phi) is 3.79. The molecule has 2 aliphatic heterocycles. The first kappa shape index (κ1) is 12.9. The van der Waals surface area contributed by atoms with Crippen molar-refractivity contribution in [2.24, 2.45) is 5.92 Å². The number of nitrogens with zero attached hydrogens (tertiary/aromatic N) is 1. The van der Waals surface area contributed by atoms with E-state index in [0.717, 1.165) is 12.0 Å². The second-order valence-electron chi connectivity index (χ2n) is 5.64. The fourth-order valence-corrected chi connectivity index (χ4v) is 3.37. The number of rotatable bonds is 2. The van der Waals surface area contributed by atoms with E-state index in [1.165, 1.54) is 31.5 Å². The highest BCUT2D eigenvalue weighted by Crippen LogP contribution is 2.44. The van der Waals surface area contributed by atoms with Gasteiger partial charge in [0.25, 0.3) is 0 Å². The summed E-state index contributed by atoms with van der Waals surface area (Å²) in [4.78, 5) is 2.66. The molecule has 0 radical (unpaired) electrons. The van der Waals surface area contributed by atoms with Crippen LogP contribution in [0, 0.1) is 5.92 Å². The van der Waals surface area contributed by atoms with Gasteiger partial charge in [0.15, 0.2) is 0 Å². The van der Waals surface area contributed by atoms with Crippen molar-refractivity contribution in [1.82, 2.24) is 4.90 Å². The van der Waals surface area contributed by atoms with Gasteiger partial charge in [-0.3, -0.25) is 4.90 Å². The highest BCUT2D eigenvalue weighted by molar-refractivity contribution is 5.85. The summed E-state index contributed by atoms with van der Waals surface area (Å²) in [6.07, 6.45) is 2.83. The lowest BCUT2D eigenvalue weighted by Gasteiger charge is -2.20. The minimum absolute atomic E-state index is 0. The molecule has 3 rings (SSSR count). The second kappa shape index (κ2) is 4.99. The zero-order chi connectivity index (χ0) is 11.1. The standard InChI is InChI=1S/C15H21N.ClH/c1-11(2)12-3-5-13(6-4-12)15-14-7-9-16(15)10-8-14;/h3-6,11,14-15H,7-10H2,1-2H3;1H. The molecular weight excluding hydrogens is 230 g/mol. The summed E-state index contributed by atoms with van der Waals surface area (Å²) in [5, 5.41) is 0. The third-order valence-corrected chi connectivity index (χ3v) is 4.36. The Labute approximate surface area is 111 Å². The molecule has 17 heavy (non-hydrogen) atoms. The van der Waals surface area contributed by atoms with Crippen LogP contribution in [-0.4, -0.2) is 18.0 Å². The number of benzene rings is 1. The van der Waals surface area contributed by atoms with E-state index in [9.17, 15) is 0 Å². The molecule has 0 N–H and O–H groups in total. The van der Waals surface area contributed by atoms with E-state index >= 15 is 0 Å². The highest BCUT2D eigenvalue weighted by Gasteiger charge is 2.40. The monoisotopic (exact) mass is 251 g/mol. The van der Waals surface area contributed by atoms with Gasteiger partial charge in [-0.05, 0) is 48.9 Å². The van der Waals surface area contributed by atoms with Crippen LogP contribution in [0.1, 0.15) is 49.8 Å². The SMILES string of the molecule is CC(C)c1ccc(C2C3CCN2CC3)cc1.Cl. The molecule has 2 aliphatic rings. The van der Waals surface area contributed by atoms with E-state index in [0.29, 0.717) is 5.92 Å². The summed E-state index contributed by atoms with van der Waals surface area (Å²) in [5.74, 6) is 1.58. The van der Waals surface area contributed by atoms with Gasteiger partial charge in [-0.15, -0.1) is 12.4 Å². The Bertz CT molecular complexity index is 351. The van der Waals surface area contributed by atoms with E-state index < -0.39 is 0 Å². The number of piperidine rings is 1. The molecule has 1 atom stereocenters. The third-order valence-electron chi connectivity index (χ3n) is 4.36. The molecule has 1 aromatic rings. The van der Waals surface area contributed by atoms with Gasteiger partial charge in [-0.25, -0.2) is 0 Å². The molecule has 1 nitrogen and oxygen atoms in total. The van der Waals surface area contributed by atoms with Gasteiger partial charge in [0.2, 0.25) is 0 Å². The van der Waals surface area contributed by atoms with Crippen molar-refractivity contribution in [3.63, 3.8) is 0 Å². The lowest BCUT2D eigenvalue weighted by atomic mass is 9.92. The topological polar surface area (TPSA) is 3.24 Å². The maximum Gasteiger partial charge on any atom is 0.0377 e. The summed E-state index contributed by atoms with van der Waals surface area (Å²) < 4.78 is 0. The van der Waals surface area contributed by atoms with Crippen LogP contribution in [-0.2, 0) is 0 Å². The first-order chi connectivity index (χ1) is 7.75. The van der Waals surface area contributed by atoms with Crippen LogP contribution >= 0.6 is 12.4 Å². The zero-order valence-corrected chi connectivity index (χ0v) is 11.5. The van der Waals surface area contributed by atoms with Gasteiger partial charge in [0.05, 0.1) is 0 Å². The highest BCUT2D eigenvalue weighted by atomic mass is 35.5. The molecule has 2 heterocycles. The summed E-state index contributed by atoms with van der Waals surface area (Å²) in [7, 11) is 0. The summed E-state index contributed by atoms with van der Waals surface area (Å²) in [6.45, 7) is 7.16. The normalized spacial score (nSPS) is 30.6. The number of halogens is 1. The van der Waals surface area contributed by atoms with Crippen LogP contribution < -0.4 is 0 Å². The van der Waals surface area contributed by atoms with Crippen LogP contribution in [0.15, 0.2) is 24.3 Å². The van der Waals surface area contributed by atoms with Crippen molar-refractivity contribution in [3.8, 4) is 0 Å². The number of fused-ring (bicyclic) bond motifs is 2. The van der Waals surface area contributed by atoms with E-state index in [2.05, 4.69) is 43.0 Å². The smallest absolute Gasteiger partial charge is 0.0377 e. The molecule has 2 heteroatoms. The molecule has 0 saturated carbocycles. The molecule has 0 aromatic heterocycles. The fraction of sp³-hybridized carbons (Fsp3) is 0.600. The molecule has 1 unspecified atom stereocenters. The van der Waals surface area contributed by atoms with Crippen molar-refractivity contribution in [3.05, 3.63) is 35.4 Å². The third kappa shape index (κ3) is 2.23. The predicted octanol–water partition coefficient (Wildman–Crippen LogP) is 4.00. The van der Waals surface area contributed by atoms with Crippen LogP contribution in [0.25, 0.3) is 0 Å². The minimum Gasteiger partial charge on any atom is -0.296 e.